The minimum absolute atomic E-state index is 0.214. The Morgan fingerprint density at radius 1 is 1.37 bits per heavy atom. The number of aromatic nitrogens is 1. The zero-order valence-electron chi connectivity index (χ0n) is 10.7. The van der Waals surface area contributed by atoms with Crippen molar-refractivity contribution in [2.75, 3.05) is 5.32 Å². The first-order chi connectivity index (χ1) is 9.10. The van der Waals surface area contributed by atoms with Gasteiger partial charge in [0.05, 0.1) is 17.3 Å². The van der Waals surface area contributed by atoms with Crippen LogP contribution in [0.3, 0.4) is 0 Å². The lowest BCUT2D eigenvalue weighted by atomic mass is 10.1. The molecular formula is C14H13N3OS. The first-order valence-electron chi connectivity index (χ1n) is 5.87. The maximum Gasteiger partial charge on any atom is 0.257 e. The van der Waals surface area contributed by atoms with Gasteiger partial charge in [0.2, 0.25) is 0 Å². The second-order valence-electron chi connectivity index (χ2n) is 4.38. The van der Waals surface area contributed by atoms with Crippen molar-refractivity contribution in [3.05, 3.63) is 46.5 Å². The monoisotopic (exact) mass is 271 g/mol. The van der Waals surface area contributed by atoms with Crippen molar-refractivity contribution in [1.29, 1.82) is 5.26 Å². The zero-order chi connectivity index (χ0) is 13.8. The molecule has 0 saturated carbocycles. The minimum atomic E-state index is -0.214. The molecule has 1 heterocycles. The predicted molar refractivity (Wildman–Crippen MR) is 75.3 cm³/mol. The second-order valence-corrected chi connectivity index (χ2v) is 5.23. The normalized spacial score (nSPS) is 10.2. The van der Waals surface area contributed by atoms with E-state index in [1.54, 1.807) is 24.3 Å². The number of carbonyl (C=O) groups is 1. The average Bonchev–Trinajstić information content (AvgIpc) is 2.87. The Labute approximate surface area is 115 Å². The quantitative estimate of drug-likeness (QED) is 0.930. The molecule has 2 rings (SSSR count). The Morgan fingerprint density at radius 3 is 2.58 bits per heavy atom. The Hall–Kier alpha value is -2.19. The molecule has 0 atom stereocenters. The number of thiazole rings is 1. The smallest absolute Gasteiger partial charge is 0.257 e. The van der Waals surface area contributed by atoms with Crippen LogP contribution in [0.15, 0.2) is 29.6 Å². The highest BCUT2D eigenvalue weighted by molar-refractivity contribution is 7.14. The fourth-order valence-electron chi connectivity index (χ4n) is 1.47. The van der Waals surface area contributed by atoms with Crippen LogP contribution >= 0.6 is 11.3 Å². The van der Waals surface area contributed by atoms with Gasteiger partial charge in [-0.05, 0) is 30.2 Å². The van der Waals surface area contributed by atoms with E-state index in [9.17, 15) is 4.79 Å². The molecule has 0 spiro atoms. The van der Waals surface area contributed by atoms with Crippen LogP contribution in [0.25, 0.3) is 0 Å². The largest absolute Gasteiger partial charge is 0.298 e. The number of benzene rings is 1. The topological polar surface area (TPSA) is 65.8 Å². The maximum absolute atomic E-state index is 12.0. The zero-order valence-corrected chi connectivity index (χ0v) is 11.5. The molecule has 1 amide bonds. The lowest BCUT2D eigenvalue weighted by Gasteiger charge is -2.02. The van der Waals surface area contributed by atoms with Crippen molar-refractivity contribution in [2.24, 2.45) is 0 Å². The lowest BCUT2D eigenvalue weighted by molar-refractivity contribution is 0.102. The second kappa shape index (κ2) is 5.63. The van der Waals surface area contributed by atoms with E-state index in [1.165, 1.54) is 11.3 Å². The van der Waals surface area contributed by atoms with E-state index in [-0.39, 0.29) is 5.91 Å². The van der Waals surface area contributed by atoms with Gasteiger partial charge in [0.15, 0.2) is 5.13 Å². The molecule has 5 heteroatoms. The highest BCUT2D eigenvalue weighted by atomic mass is 32.1. The molecule has 0 fully saturated rings. The van der Waals surface area contributed by atoms with Crippen LogP contribution in [-0.4, -0.2) is 10.9 Å². The summed E-state index contributed by atoms with van der Waals surface area (Å²) in [5.74, 6) is 0.131. The van der Waals surface area contributed by atoms with Gasteiger partial charge in [-0.15, -0.1) is 11.3 Å². The highest BCUT2D eigenvalue weighted by Gasteiger charge is 2.10. The van der Waals surface area contributed by atoms with E-state index in [0.717, 1.165) is 5.69 Å². The molecule has 1 N–H and O–H groups in total. The van der Waals surface area contributed by atoms with Gasteiger partial charge in [-0.2, -0.15) is 5.26 Å². The van der Waals surface area contributed by atoms with E-state index in [4.69, 9.17) is 5.26 Å². The summed E-state index contributed by atoms with van der Waals surface area (Å²) in [6, 6.07) is 8.52. The number of amides is 1. The molecule has 0 aliphatic heterocycles. The SMILES string of the molecule is CC(C)c1csc(NC(=O)c2ccc(C#N)cc2)n1. The number of hydrogen-bond acceptors (Lipinski definition) is 4. The molecule has 0 saturated heterocycles. The van der Waals surface area contributed by atoms with Crippen LogP contribution in [0, 0.1) is 11.3 Å². The molecule has 0 aliphatic carbocycles. The van der Waals surface area contributed by atoms with Crippen molar-refractivity contribution < 1.29 is 4.79 Å². The van der Waals surface area contributed by atoms with E-state index in [1.807, 2.05) is 11.4 Å². The molecule has 1 aromatic carbocycles. The Kier molecular flexibility index (Phi) is 3.93. The van der Waals surface area contributed by atoms with Gasteiger partial charge in [-0.25, -0.2) is 4.98 Å². The predicted octanol–water partition coefficient (Wildman–Crippen LogP) is 3.39. The summed E-state index contributed by atoms with van der Waals surface area (Å²) in [5, 5.41) is 14.0. The standard InChI is InChI=1S/C14H13N3OS/c1-9(2)12-8-19-14(16-12)17-13(18)11-5-3-10(7-15)4-6-11/h3-6,8-9H,1-2H3,(H,16,17,18). The van der Waals surface area contributed by atoms with Crippen LogP contribution < -0.4 is 5.32 Å². The van der Waals surface area contributed by atoms with Gasteiger partial charge in [0.25, 0.3) is 5.91 Å². The number of nitrogens with one attached hydrogen (secondary N) is 1. The number of anilines is 1. The molecular weight excluding hydrogens is 258 g/mol. The van der Waals surface area contributed by atoms with Gasteiger partial charge in [0, 0.05) is 10.9 Å². The van der Waals surface area contributed by atoms with E-state index >= 15 is 0 Å². The first-order valence-corrected chi connectivity index (χ1v) is 6.75. The van der Waals surface area contributed by atoms with E-state index < -0.39 is 0 Å². The van der Waals surface area contributed by atoms with Crippen molar-refractivity contribution in [1.82, 2.24) is 4.98 Å². The maximum atomic E-state index is 12.0. The van der Waals surface area contributed by atoms with E-state index in [2.05, 4.69) is 24.1 Å². The first kappa shape index (κ1) is 13.2. The summed E-state index contributed by atoms with van der Waals surface area (Å²) in [6.45, 7) is 4.11. The molecule has 19 heavy (non-hydrogen) atoms. The third-order valence-electron chi connectivity index (χ3n) is 2.61. The molecule has 0 unspecified atom stereocenters. The van der Waals surface area contributed by atoms with Gasteiger partial charge < -0.3 is 0 Å². The van der Waals surface area contributed by atoms with Crippen molar-refractivity contribution in [3.8, 4) is 6.07 Å². The number of carbonyl (C=O) groups excluding carboxylic acids is 1. The summed E-state index contributed by atoms with van der Waals surface area (Å²) in [4.78, 5) is 16.3. The van der Waals surface area contributed by atoms with E-state index in [0.29, 0.717) is 22.2 Å². The number of nitriles is 1. The molecule has 96 valence electrons. The summed E-state index contributed by atoms with van der Waals surface area (Å²) in [5.41, 5.74) is 2.02. The van der Waals surface area contributed by atoms with Gasteiger partial charge in [-0.3, -0.25) is 10.1 Å². The van der Waals surface area contributed by atoms with Crippen molar-refractivity contribution in [2.45, 2.75) is 19.8 Å². The van der Waals surface area contributed by atoms with Gasteiger partial charge in [0.1, 0.15) is 0 Å². The number of rotatable bonds is 3. The third-order valence-corrected chi connectivity index (χ3v) is 3.39. The summed E-state index contributed by atoms with van der Waals surface area (Å²) in [7, 11) is 0. The molecule has 0 aliphatic rings. The van der Waals surface area contributed by atoms with Crippen LogP contribution in [0.4, 0.5) is 5.13 Å². The Balaban J connectivity index is 2.09. The fraction of sp³-hybridized carbons (Fsp3) is 0.214. The number of nitrogens with zero attached hydrogens (tertiary/aromatic N) is 2. The summed E-state index contributed by atoms with van der Waals surface area (Å²) >= 11 is 1.41. The fourth-order valence-corrected chi connectivity index (χ4v) is 2.34. The van der Waals surface area contributed by atoms with Crippen molar-refractivity contribution >= 4 is 22.4 Å². The van der Waals surface area contributed by atoms with Gasteiger partial charge in [-0.1, -0.05) is 13.8 Å². The van der Waals surface area contributed by atoms with Crippen molar-refractivity contribution in [3.63, 3.8) is 0 Å². The lowest BCUT2D eigenvalue weighted by Crippen LogP contribution is -2.11. The molecule has 0 radical (unpaired) electrons. The van der Waals surface area contributed by atoms with Crippen LogP contribution in [0.2, 0.25) is 0 Å². The Morgan fingerprint density at radius 2 is 2.05 bits per heavy atom. The summed E-state index contributed by atoms with van der Waals surface area (Å²) in [6.07, 6.45) is 0. The molecule has 1 aromatic heterocycles. The van der Waals surface area contributed by atoms with Crippen LogP contribution in [0.5, 0.6) is 0 Å². The van der Waals surface area contributed by atoms with Crippen LogP contribution in [0.1, 0.15) is 41.4 Å². The molecule has 0 bridgehead atoms. The van der Waals surface area contributed by atoms with Gasteiger partial charge >= 0.3 is 0 Å². The molecule has 2 aromatic rings. The number of hydrogen-bond donors (Lipinski definition) is 1. The molecule has 4 nitrogen and oxygen atoms in total. The summed E-state index contributed by atoms with van der Waals surface area (Å²) < 4.78 is 0. The average molecular weight is 271 g/mol. The third kappa shape index (κ3) is 3.18. The highest BCUT2D eigenvalue weighted by Crippen LogP contribution is 2.21. The Bertz CT molecular complexity index is 623. The minimum Gasteiger partial charge on any atom is -0.298 e. The van der Waals surface area contributed by atoms with Crippen LogP contribution in [-0.2, 0) is 0 Å².